The molecule has 2 aromatic rings. The van der Waals surface area contributed by atoms with Gasteiger partial charge in [-0.25, -0.2) is 4.68 Å². The Labute approximate surface area is 127 Å². The van der Waals surface area contributed by atoms with Crippen LogP contribution in [0, 0.1) is 6.92 Å². The van der Waals surface area contributed by atoms with E-state index < -0.39 is 0 Å². The number of hydrogen-bond donors (Lipinski definition) is 2. The van der Waals surface area contributed by atoms with Gasteiger partial charge < -0.3 is 15.6 Å². The third-order valence-electron chi connectivity index (χ3n) is 2.61. The van der Waals surface area contributed by atoms with Crippen LogP contribution in [0.2, 0.25) is 0 Å². The second-order valence-corrected chi connectivity index (χ2v) is 6.60. The van der Waals surface area contributed by atoms with Crippen LogP contribution in [0.15, 0.2) is 21.9 Å². The van der Waals surface area contributed by atoms with Crippen molar-refractivity contribution in [2.75, 3.05) is 11.6 Å². The number of carbonyl (C=O) groups is 1. The van der Waals surface area contributed by atoms with E-state index in [1.54, 1.807) is 12.3 Å². The van der Waals surface area contributed by atoms with E-state index in [0.29, 0.717) is 11.0 Å². The van der Waals surface area contributed by atoms with Gasteiger partial charge in [-0.05, 0) is 33.8 Å². The molecule has 0 aliphatic carbocycles. The minimum Gasteiger partial charge on any atom is -0.469 e. The first kappa shape index (κ1) is 15.4. The third-order valence-corrected chi connectivity index (χ3v) is 3.55. The number of aryl methyl sites for hydroxylation is 1. The number of nitrogens with one attached hydrogen (secondary N) is 1. The van der Waals surface area contributed by atoms with Gasteiger partial charge in [0.2, 0.25) is 11.1 Å². The normalized spacial score (nSPS) is 11.6. The van der Waals surface area contributed by atoms with Crippen molar-refractivity contribution >= 4 is 17.7 Å². The van der Waals surface area contributed by atoms with Crippen molar-refractivity contribution in [2.45, 2.75) is 38.4 Å². The molecule has 0 spiro atoms. The molecule has 2 heterocycles. The number of nitrogen functional groups attached to an aromatic ring is 1. The summed E-state index contributed by atoms with van der Waals surface area (Å²) >= 11 is 1.24. The molecular formula is C13H19N5O2S. The van der Waals surface area contributed by atoms with E-state index in [9.17, 15) is 4.79 Å². The third kappa shape index (κ3) is 3.78. The van der Waals surface area contributed by atoms with Crippen LogP contribution in [0.1, 0.15) is 26.5 Å². The van der Waals surface area contributed by atoms with Crippen molar-refractivity contribution in [3.8, 4) is 11.4 Å². The summed E-state index contributed by atoms with van der Waals surface area (Å²) in [5.41, 5.74) is 0.531. The van der Waals surface area contributed by atoms with Crippen molar-refractivity contribution in [3.63, 3.8) is 0 Å². The Balaban J connectivity index is 2.05. The van der Waals surface area contributed by atoms with Crippen LogP contribution in [-0.4, -0.2) is 32.1 Å². The molecule has 114 valence electrons. The van der Waals surface area contributed by atoms with Crippen molar-refractivity contribution in [3.05, 3.63) is 18.1 Å². The topological polar surface area (TPSA) is 99.0 Å². The molecule has 0 radical (unpaired) electrons. The number of carbonyl (C=O) groups excluding carboxylic acids is 1. The number of rotatable bonds is 4. The Kier molecular flexibility index (Phi) is 4.26. The van der Waals surface area contributed by atoms with Crippen molar-refractivity contribution in [1.29, 1.82) is 0 Å². The molecule has 0 bridgehead atoms. The van der Waals surface area contributed by atoms with Crippen LogP contribution < -0.4 is 11.2 Å². The summed E-state index contributed by atoms with van der Waals surface area (Å²) in [7, 11) is 0. The van der Waals surface area contributed by atoms with E-state index in [0.717, 1.165) is 11.3 Å². The van der Waals surface area contributed by atoms with E-state index in [4.69, 9.17) is 10.3 Å². The summed E-state index contributed by atoms with van der Waals surface area (Å²) in [4.78, 5) is 11.8. The number of thioether (sulfide) groups is 1. The Morgan fingerprint density at radius 3 is 2.76 bits per heavy atom. The van der Waals surface area contributed by atoms with Crippen LogP contribution in [-0.2, 0) is 4.79 Å². The highest BCUT2D eigenvalue weighted by molar-refractivity contribution is 7.99. The van der Waals surface area contributed by atoms with Gasteiger partial charge in [-0.15, -0.1) is 10.2 Å². The molecule has 3 N–H and O–H groups in total. The summed E-state index contributed by atoms with van der Waals surface area (Å²) in [5, 5.41) is 11.4. The summed E-state index contributed by atoms with van der Waals surface area (Å²) in [6, 6.07) is 1.78. The van der Waals surface area contributed by atoms with Crippen LogP contribution in [0.25, 0.3) is 11.4 Å². The first-order chi connectivity index (χ1) is 9.78. The first-order valence-electron chi connectivity index (χ1n) is 6.46. The molecule has 0 saturated carbocycles. The van der Waals surface area contributed by atoms with Gasteiger partial charge in [-0.2, -0.15) is 0 Å². The average molecular weight is 309 g/mol. The van der Waals surface area contributed by atoms with Crippen LogP contribution in [0.4, 0.5) is 0 Å². The fourth-order valence-corrected chi connectivity index (χ4v) is 2.42. The lowest BCUT2D eigenvalue weighted by Gasteiger charge is -2.20. The van der Waals surface area contributed by atoms with Crippen molar-refractivity contribution in [1.82, 2.24) is 20.2 Å². The second kappa shape index (κ2) is 5.80. The minimum absolute atomic E-state index is 0.0726. The standard InChI is InChI=1S/C13H19N5O2S/c1-8-9(5-6-20-8)11-16-17-12(18(11)14)21-7-10(19)15-13(2,3)4/h5-6H,7,14H2,1-4H3,(H,15,19). The molecule has 2 aromatic heterocycles. The largest absolute Gasteiger partial charge is 0.469 e. The number of furan rings is 1. The summed E-state index contributed by atoms with van der Waals surface area (Å²) in [6.07, 6.45) is 1.57. The predicted molar refractivity (Wildman–Crippen MR) is 81.2 cm³/mol. The predicted octanol–water partition coefficient (Wildman–Crippen LogP) is 1.57. The van der Waals surface area contributed by atoms with Gasteiger partial charge in [0.15, 0.2) is 5.82 Å². The quantitative estimate of drug-likeness (QED) is 0.657. The van der Waals surface area contributed by atoms with E-state index >= 15 is 0 Å². The van der Waals surface area contributed by atoms with Gasteiger partial charge in [0.1, 0.15) is 5.76 Å². The Morgan fingerprint density at radius 1 is 1.48 bits per heavy atom. The SMILES string of the molecule is Cc1occc1-c1nnc(SCC(=O)NC(C)(C)C)n1N. The molecule has 7 nitrogen and oxygen atoms in total. The van der Waals surface area contributed by atoms with Gasteiger partial charge in [0.25, 0.3) is 0 Å². The summed E-state index contributed by atoms with van der Waals surface area (Å²) in [5.74, 6) is 7.37. The van der Waals surface area contributed by atoms with Crippen molar-refractivity contribution in [2.24, 2.45) is 0 Å². The molecule has 2 rings (SSSR count). The van der Waals surface area contributed by atoms with E-state index in [1.165, 1.54) is 16.4 Å². The Bertz CT molecular complexity index is 641. The zero-order chi connectivity index (χ0) is 15.6. The molecular weight excluding hydrogens is 290 g/mol. The molecule has 0 aliphatic rings. The van der Waals surface area contributed by atoms with Crippen molar-refractivity contribution < 1.29 is 9.21 Å². The monoisotopic (exact) mass is 309 g/mol. The summed E-state index contributed by atoms with van der Waals surface area (Å²) < 4.78 is 6.60. The lowest BCUT2D eigenvalue weighted by molar-refractivity contribution is -0.119. The highest BCUT2D eigenvalue weighted by Crippen LogP contribution is 2.24. The highest BCUT2D eigenvalue weighted by Gasteiger charge is 2.18. The number of amides is 1. The smallest absolute Gasteiger partial charge is 0.230 e. The zero-order valence-electron chi connectivity index (χ0n) is 12.5. The molecule has 0 saturated heterocycles. The molecule has 21 heavy (non-hydrogen) atoms. The lowest BCUT2D eigenvalue weighted by Crippen LogP contribution is -2.41. The van der Waals surface area contributed by atoms with Gasteiger partial charge in [-0.3, -0.25) is 4.79 Å². The number of nitrogens with zero attached hydrogens (tertiary/aromatic N) is 3. The molecule has 0 aliphatic heterocycles. The molecule has 0 unspecified atom stereocenters. The van der Waals surface area contributed by atoms with Gasteiger partial charge in [0.05, 0.1) is 17.6 Å². The molecule has 0 atom stereocenters. The van der Waals surface area contributed by atoms with E-state index in [2.05, 4.69) is 15.5 Å². The van der Waals surface area contributed by atoms with E-state index in [1.807, 2.05) is 27.7 Å². The molecule has 0 fully saturated rings. The molecule has 8 heteroatoms. The summed E-state index contributed by atoms with van der Waals surface area (Å²) in [6.45, 7) is 7.62. The van der Waals surface area contributed by atoms with Crippen LogP contribution in [0.3, 0.4) is 0 Å². The maximum Gasteiger partial charge on any atom is 0.230 e. The molecule has 0 aromatic carbocycles. The zero-order valence-corrected chi connectivity index (χ0v) is 13.3. The number of nitrogens with two attached hydrogens (primary N) is 1. The minimum atomic E-state index is -0.257. The fraction of sp³-hybridized carbons (Fsp3) is 0.462. The van der Waals surface area contributed by atoms with Crippen LogP contribution >= 0.6 is 11.8 Å². The Morgan fingerprint density at radius 2 is 2.19 bits per heavy atom. The number of aromatic nitrogens is 3. The van der Waals surface area contributed by atoms with Gasteiger partial charge in [0, 0.05) is 5.54 Å². The first-order valence-corrected chi connectivity index (χ1v) is 7.45. The maximum atomic E-state index is 11.8. The van der Waals surface area contributed by atoms with E-state index in [-0.39, 0.29) is 17.2 Å². The van der Waals surface area contributed by atoms with Gasteiger partial charge >= 0.3 is 0 Å². The molecule has 1 amide bonds. The average Bonchev–Trinajstić information content (AvgIpc) is 2.91. The highest BCUT2D eigenvalue weighted by atomic mass is 32.2. The Hall–Kier alpha value is -1.96. The maximum absolute atomic E-state index is 11.8. The van der Waals surface area contributed by atoms with Crippen LogP contribution in [0.5, 0.6) is 0 Å². The number of hydrogen-bond acceptors (Lipinski definition) is 6. The lowest BCUT2D eigenvalue weighted by atomic mass is 10.1. The fourth-order valence-electron chi connectivity index (χ4n) is 1.76. The second-order valence-electron chi connectivity index (χ2n) is 5.65. The van der Waals surface area contributed by atoms with Gasteiger partial charge in [-0.1, -0.05) is 11.8 Å².